The first-order valence-corrected chi connectivity index (χ1v) is 7.82. The van der Waals surface area contributed by atoms with Gasteiger partial charge in [-0.05, 0) is 29.8 Å². The van der Waals surface area contributed by atoms with Gasteiger partial charge in [0.05, 0.1) is 19.9 Å². The summed E-state index contributed by atoms with van der Waals surface area (Å²) < 4.78 is 37.9. The molecule has 2 aromatic carbocycles. The van der Waals surface area contributed by atoms with Crippen molar-refractivity contribution in [1.82, 2.24) is 9.97 Å². The smallest absolute Gasteiger partial charge is 0.227 e. The molecule has 5 nitrogen and oxygen atoms in total. The molecule has 26 heavy (non-hydrogen) atoms. The number of rotatable bonds is 6. The Hall–Kier alpha value is -3.06. The number of methoxy groups -OCH3 is 2. The predicted octanol–water partition coefficient (Wildman–Crippen LogP) is 4.32. The summed E-state index contributed by atoms with van der Waals surface area (Å²) in [5, 5.41) is 3.03. The maximum Gasteiger partial charge on any atom is 0.227 e. The van der Waals surface area contributed by atoms with Crippen molar-refractivity contribution < 1.29 is 18.3 Å². The minimum absolute atomic E-state index is 0.0207. The largest absolute Gasteiger partial charge is 0.496 e. The van der Waals surface area contributed by atoms with E-state index >= 15 is 0 Å². The number of aromatic nitrogens is 2. The number of ether oxygens (including phenoxy) is 2. The van der Waals surface area contributed by atoms with Gasteiger partial charge < -0.3 is 14.8 Å². The van der Waals surface area contributed by atoms with E-state index in [0.717, 1.165) is 17.4 Å². The lowest BCUT2D eigenvalue weighted by Crippen LogP contribution is -2.02. The van der Waals surface area contributed by atoms with Crippen LogP contribution in [0, 0.1) is 11.6 Å². The fourth-order valence-electron chi connectivity index (χ4n) is 2.51. The van der Waals surface area contributed by atoms with Crippen LogP contribution in [-0.2, 0) is 11.3 Å². The lowest BCUT2D eigenvalue weighted by Gasteiger charge is -2.11. The van der Waals surface area contributed by atoms with Gasteiger partial charge in [-0.15, -0.1) is 0 Å². The van der Waals surface area contributed by atoms with Gasteiger partial charge in [0.1, 0.15) is 17.3 Å². The fourth-order valence-corrected chi connectivity index (χ4v) is 2.51. The summed E-state index contributed by atoms with van der Waals surface area (Å²) in [5.41, 5.74) is 2.07. The van der Waals surface area contributed by atoms with Crippen LogP contribution in [-0.4, -0.2) is 24.2 Å². The zero-order valence-electron chi connectivity index (χ0n) is 14.3. The zero-order chi connectivity index (χ0) is 18.5. The van der Waals surface area contributed by atoms with E-state index in [-0.39, 0.29) is 17.4 Å². The van der Waals surface area contributed by atoms with Crippen molar-refractivity contribution in [3.05, 3.63) is 65.9 Å². The van der Waals surface area contributed by atoms with Gasteiger partial charge in [0.25, 0.3) is 0 Å². The average molecular weight is 357 g/mol. The van der Waals surface area contributed by atoms with Crippen molar-refractivity contribution in [2.45, 2.75) is 6.61 Å². The Morgan fingerprint density at radius 2 is 1.92 bits per heavy atom. The van der Waals surface area contributed by atoms with Crippen molar-refractivity contribution >= 4 is 11.6 Å². The molecular formula is C19H17F2N3O2. The summed E-state index contributed by atoms with van der Waals surface area (Å²) in [6.07, 6.45) is 1.06. The highest BCUT2D eigenvalue weighted by Gasteiger charge is 2.15. The third-order valence-corrected chi connectivity index (χ3v) is 3.66. The predicted molar refractivity (Wildman–Crippen MR) is 94.4 cm³/mol. The SMILES string of the molecule is COCc1cccc(Nc2ncc(F)c(-c3ccc(F)cc3OC)n2)c1. The number of halogens is 2. The number of hydrogen-bond acceptors (Lipinski definition) is 5. The van der Waals surface area contributed by atoms with E-state index in [1.165, 1.54) is 25.3 Å². The molecule has 0 atom stereocenters. The molecule has 0 aliphatic carbocycles. The molecule has 3 aromatic rings. The fraction of sp³-hybridized carbons (Fsp3) is 0.158. The monoisotopic (exact) mass is 357 g/mol. The molecule has 0 bridgehead atoms. The Balaban J connectivity index is 1.95. The molecule has 0 radical (unpaired) electrons. The van der Waals surface area contributed by atoms with Gasteiger partial charge in [0, 0.05) is 24.4 Å². The second kappa shape index (κ2) is 7.88. The number of nitrogens with zero attached hydrogens (tertiary/aromatic N) is 2. The summed E-state index contributed by atoms with van der Waals surface area (Å²) in [6.45, 7) is 0.470. The van der Waals surface area contributed by atoms with Crippen LogP contribution in [0.4, 0.5) is 20.4 Å². The van der Waals surface area contributed by atoms with Crippen LogP contribution in [0.2, 0.25) is 0 Å². The van der Waals surface area contributed by atoms with Crippen LogP contribution in [0.5, 0.6) is 5.75 Å². The van der Waals surface area contributed by atoms with Gasteiger partial charge in [-0.25, -0.2) is 18.7 Å². The van der Waals surface area contributed by atoms with E-state index in [2.05, 4.69) is 15.3 Å². The number of benzene rings is 2. The van der Waals surface area contributed by atoms with Crippen molar-refractivity contribution in [1.29, 1.82) is 0 Å². The van der Waals surface area contributed by atoms with Crippen LogP contribution in [0.1, 0.15) is 5.56 Å². The lowest BCUT2D eigenvalue weighted by molar-refractivity contribution is 0.185. The Bertz CT molecular complexity index is 919. The first kappa shape index (κ1) is 17.8. The summed E-state index contributed by atoms with van der Waals surface area (Å²) in [6, 6.07) is 11.3. The molecule has 1 N–H and O–H groups in total. The molecule has 1 aromatic heterocycles. The van der Waals surface area contributed by atoms with Crippen LogP contribution in [0.15, 0.2) is 48.7 Å². The van der Waals surface area contributed by atoms with Crippen molar-refractivity contribution in [2.24, 2.45) is 0 Å². The topological polar surface area (TPSA) is 56.3 Å². The molecule has 3 rings (SSSR count). The summed E-state index contributed by atoms with van der Waals surface area (Å²) in [5.74, 6) is -0.708. The van der Waals surface area contributed by atoms with E-state index in [4.69, 9.17) is 9.47 Å². The molecule has 0 aliphatic heterocycles. The van der Waals surface area contributed by atoms with Gasteiger partial charge in [0.15, 0.2) is 5.82 Å². The highest BCUT2D eigenvalue weighted by Crippen LogP contribution is 2.31. The summed E-state index contributed by atoms with van der Waals surface area (Å²) >= 11 is 0. The maximum absolute atomic E-state index is 14.3. The third kappa shape index (κ3) is 3.94. The molecule has 0 saturated heterocycles. The molecule has 134 valence electrons. The molecular weight excluding hydrogens is 340 g/mol. The van der Waals surface area contributed by atoms with Crippen molar-refractivity contribution in [3.63, 3.8) is 0 Å². The molecule has 1 heterocycles. The number of nitrogens with one attached hydrogen (secondary N) is 1. The Kier molecular flexibility index (Phi) is 5.38. The Labute approximate surface area is 149 Å². The highest BCUT2D eigenvalue weighted by atomic mass is 19.1. The van der Waals surface area contributed by atoms with Crippen molar-refractivity contribution in [2.75, 3.05) is 19.5 Å². The van der Waals surface area contributed by atoms with Crippen LogP contribution in [0.25, 0.3) is 11.3 Å². The Morgan fingerprint density at radius 3 is 2.69 bits per heavy atom. The molecule has 0 saturated carbocycles. The van der Waals surface area contributed by atoms with Crippen molar-refractivity contribution in [3.8, 4) is 17.0 Å². The van der Waals surface area contributed by atoms with E-state index in [9.17, 15) is 8.78 Å². The summed E-state index contributed by atoms with van der Waals surface area (Å²) in [7, 11) is 3.00. The van der Waals surface area contributed by atoms with Gasteiger partial charge in [-0.2, -0.15) is 0 Å². The van der Waals surface area contributed by atoms with Gasteiger partial charge in [-0.3, -0.25) is 0 Å². The first-order valence-electron chi connectivity index (χ1n) is 7.82. The van der Waals surface area contributed by atoms with Crippen LogP contribution in [0.3, 0.4) is 0 Å². The second-order valence-corrected chi connectivity index (χ2v) is 5.49. The van der Waals surface area contributed by atoms with Crippen LogP contribution >= 0.6 is 0 Å². The zero-order valence-corrected chi connectivity index (χ0v) is 14.3. The average Bonchev–Trinajstić information content (AvgIpc) is 2.64. The highest BCUT2D eigenvalue weighted by molar-refractivity contribution is 5.69. The van der Waals surface area contributed by atoms with Gasteiger partial charge >= 0.3 is 0 Å². The minimum Gasteiger partial charge on any atom is -0.496 e. The summed E-state index contributed by atoms with van der Waals surface area (Å²) in [4.78, 5) is 8.19. The normalized spacial score (nSPS) is 10.6. The second-order valence-electron chi connectivity index (χ2n) is 5.49. The molecule has 0 spiro atoms. The number of hydrogen-bond donors (Lipinski definition) is 1. The lowest BCUT2D eigenvalue weighted by atomic mass is 10.1. The van der Waals surface area contributed by atoms with E-state index in [1.807, 2.05) is 24.3 Å². The first-order chi connectivity index (χ1) is 12.6. The third-order valence-electron chi connectivity index (χ3n) is 3.66. The minimum atomic E-state index is -0.631. The van der Waals surface area contributed by atoms with Crippen LogP contribution < -0.4 is 10.1 Å². The molecule has 0 fully saturated rings. The van der Waals surface area contributed by atoms with Gasteiger partial charge in [0.2, 0.25) is 5.95 Å². The Morgan fingerprint density at radius 1 is 1.08 bits per heavy atom. The van der Waals surface area contributed by atoms with E-state index in [1.54, 1.807) is 7.11 Å². The van der Waals surface area contributed by atoms with Gasteiger partial charge in [-0.1, -0.05) is 12.1 Å². The molecule has 0 aliphatic rings. The molecule has 0 unspecified atom stereocenters. The maximum atomic E-state index is 14.3. The molecule has 7 heteroatoms. The quantitative estimate of drug-likeness (QED) is 0.712. The van der Waals surface area contributed by atoms with E-state index in [0.29, 0.717) is 12.2 Å². The van der Waals surface area contributed by atoms with E-state index < -0.39 is 11.6 Å². The number of anilines is 2. The standard InChI is InChI=1S/C19H17F2N3O2/c1-25-11-12-4-3-5-14(8-12)23-19-22-10-16(21)18(24-19)15-7-6-13(20)9-17(15)26-2/h3-10H,11H2,1-2H3,(H,22,23,24). The molecule has 0 amide bonds.